The van der Waals surface area contributed by atoms with Crippen molar-refractivity contribution in [1.29, 1.82) is 0 Å². The number of rotatable bonds is 2. The van der Waals surface area contributed by atoms with Crippen molar-refractivity contribution in [3.8, 4) is 0 Å². The molecule has 1 atom stereocenters. The Kier molecular flexibility index (Phi) is 3.78. The molecule has 0 radical (unpaired) electrons. The van der Waals surface area contributed by atoms with E-state index in [9.17, 15) is 4.79 Å². The smallest absolute Gasteiger partial charge is 0.252 e. The van der Waals surface area contributed by atoms with Crippen LogP contribution in [0.15, 0.2) is 40.9 Å². The fourth-order valence-corrected chi connectivity index (χ4v) is 2.30. The molecule has 84 valence electrons. The van der Waals surface area contributed by atoms with E-state index in [4.69, 9.17) is 0 Å². The Balaban J connectivity index is 2.03. The summed E-state index contributed by atoms with van der Waals surface area (Å²) in [6.45, 7) is 0. The molecule has 2 rings (SSSR count). The van der Waals surface area contributed by atoms with Crippen LogP contribution in [0.1, 0.15) is 29.6 Å². The van der Waals surface area contributed by atoms with Gasteiger partial charge in [0.15, 0.2) is 0 Å². The Hall–Kier alpha value is -1.09. The number of benzene rings is 1. The van der Waals surface area contributed by atoms with Crippen LogP contribution in [-0.4, -0.2) is 11.9 Å². The third kappa shape index (κ3) is 2.73. The first kappa shape index (κ1) is 11.4. The van der Waals surface area contributed by atoms with Crippen LogP contribution in [0.5, 0.6) is 0 Å². The summed E-state index contributed by atoms with van der Waals surface area (Å²) in [5, 5.41) is 3.06. The van der Waals surface area contributed by atoms with Gasteiger partial charge in [-0.2, -0.15) is 0 Å². The second-order valence-electron chi connectivity index (χ2n) is 3.93. The summed E-state index contributed by atoms with van der Waals surface area (Å²) in [6, 6.07) is 7.78. The molecule has 1 N–H and O–H groups in total. The van der Waals surface area contributed by atoms with Crippen LogP contribution in [0.2, 0.25) is 0 Å². The van der Waals surface area contributed by atoms with Gasteiger partial charge in [-0.05, 0) is 47.3 Å². The second-order valence-corrected chi connectivity index (χ2v) is 4.79. The molecule has 0 heterocycles. The molecule has 1 aromatic carbocycles. The van der Waals surface area contributed by atoms with Gasteiger partial charge < -0.3 is 5.32 Å². The van der Waals surface area contributed by atoms with Crippen molar-refractivity contribution >= 4 is 21.8 Å². The van der Waals surface area contributed by atoms with Crippen LogP contribution in [0, 0.1) is 0 Å². The lowest BCUT2D eigenvalue weighted by Crippen LogP contribution is -2.35. The number of hydrogen-bond donors (Lipinski definition) is 1. The number of halogens is 1. The quantitative estimate of drug-likeness (QED) is 0.827. The lowest BCUT2D eigenvalue weighted by molar-refractivity contribution is 0.0934. The molecule has 0 spiro atoms. The fourth-order valence-electron chi connectivity index (χ4n) is 1.83. The van der Waals surface area contributed by atoms with Gasteiger partial charge in [-0.3, -0.25) is 4.79 Å². The molecule has 2 nitrogen and oxygen atoms in total. The zero-order chi connectivity index (χ0) is 11.4. The Morgan fingerprint density at radius 2 is 2.12 bits per heavy atom. The van der Waals surface area contributed by atoms with E-state index in [0.29, 0.717) is 5.56 Å². The van der Waals surface area contributed by atoms with E-state index in [1.165, 1.54) is 0 Å². The van der Waals surface area contributed by atoms with Crippen LogP contribution in [-0.2, 0) is 0 Å². The minimum absolute atomic E-state index is 0.00720. The maximum absolute atomic E-state index is 12.0. The first-order chi connectivity index (χ1) is 7.77. The number of allylic oxidation sites excluding steroid dienone is 1. The standard InChI is InChI=1S/C13H14BrNO/c14-12-9-5-4-8-11(12)13(16)15-10-6-2-1-3-7-10/h1-2,4-5,8-10H,3,6-7H2,(H,15,16). The summed E-state index contributed by atoms with van der Waals surface area (Å²) in [6.07, 6.45) is 7.33. The Morgan fingerprint density at radius 3 is 2.81 bits per heavy atom. The molecular formula is C13H14BrNO. The number of hydrogen-bond acceptors (Lipinski definition) is 1. The Bertz CT molecular complexity index is 414. The van der Waals surface area contributed by atoms with E-state index in [1.807, 2.05) is 24.3 Å². The zero-order valence-electron chi connectivity index (χ0n) is 8.95. The number of amides is 1. The van der Waals surface area contributed by atoms with Gasteiger partial charge in [0.25, 0.3) is 5.91 Å². The summed E-state index contributed by atoms with van der Waals surface area (Å²) in [5.41, 5.74) is 0.706. The van der Waals surface area contributed by atoms with Gasteiger partial charge in [-0.25, -0.2) is 0 Å². The third-order valence-electron chi connectivity index (χ3n) is 2.72. The molecule has 16 heavy (non-hydrogen) atoms. The van der Waals surface area contributed by atoms with Crippen molar-refractivity contribution in [2.45, 2.75) is 25.3 Å². The predicted octanol–water partition coefficient (Wildman–Crippen LogP) is 3.29. The van der Waals surface area contributed by atoms with Gasteiger partial charge in [0.1, 0.15) is 0 Å². The van der Waals surface area contributed by atoms with Crippen molar-refractivity contribution in [2.24, 2.45) is 0 Å². The molecule has 1 aliphatic rings. The fraction of sp³-hybridized carbons (Fsp3) is 0.308. The van der Waals surface area contributed by atoms with Gasteiger partial charge in [0, 0.05) is 10.5 Å². The first-order valence-corrected chi connectivity index (χ1v) is 6.27. The zero-order valence-corrected chi connectivity index (χ0v) is 10.5. The Labute approximate surface area is 104 Å². The van der Waals surface area contributed by atoms with E-state index in [0.717, 1.165) is 23.7 Å². The van der Waals surface area contributed by atoms with E-state index in [-0.39, 0.29) is 11.9 Å². The summed E-state index contributed by atoms with van der Waals surface area (Å²) in [4.78, 5) is 12.0. The number of carbonyl (C=O) groups is 1. The average Bonchev–Trinajstić information content (AvgIpc) is 2.31. The van der Waals surface area contributed by atoms with Crippen LogP contribution < -0.4 is 5.32 Å². The molecule has 1 amide bonds. The molecule has 0 aliphatic heterocycles. The van der Waals surface area contributed by atoms with Gasteiger partial charge >= 0.3 is 0 Å². The maximum atomic E-state index is 12.0. The molecule has 3 heteroatoms. The molecule has 0 saturated heterocycles. The minimum Gasteiger partial charge on any atom is -0.349 e. The Morgan fingerprint density at radius 1 is 1.31 bits per heavy atom. The molecular weight excluding hydrogens is 266 g/mol. The van der Waals surface area contributed by atoms with Gasteiger partial charge in [0.2, 0.25) is 0 Å². The van der Waals surface area contributed by atoms with Crippen LogP contribution in [0.4, 0.5) is 0 Å². The van der Waals surface area contributed by atoms with Crippen molar-refractivity contribution in [3.05, 3.63) is 46.5 Å². The molecule has 0 saturated carbocycles. The van der Waals surface area contributed by atoms with Crippen molar-refractivity contribution in [1.82, 2.24) is 5.32 Å². The number of nitrogens with one attached hydrogen (secondary N) is 1. The first-order valence-electron chi connectivity index (χ1n) is 5.48. The topological polar surface area (TPSA) is 29.1 Å². The second kappa shape index (κ2) is 5.30. The lowest BCUT2D eigenvalue weighted by atomic mass is 10.0. The summed E-state index contributed by atoms with van der Waals surface area (Å²) in [5.74, 6) is 0.00720. The van der Waals surface area contributed by atoms with E-state index >= 15 is 0 Å². The average molecular weight is 280 g/mol. The highest BCUT2D eigenvalue weighted by Gasteiger charge is 2.15. The van der Waals surface area contributed by atoms with Crippen LogP contribution in [0.3, 0.4) is 0 Å². The van der Waals surface area contributed by atoms with E-state index in [1.54, 1.807) is 0 Å². The monoisotopic (exact) mass is 279 g/mol. The van der Waals surface area contributed by atoms with Gasteiger partial charge in [0.05, 0.1) is 5.56 Å². The molecule has 0 fully saturated rings. The number of carbonyl (C=O) groups excluding carboxylic acids is 1. The molecule has 0 bridgehead atoms. The lowest BCUT2D eigenvalue weighted by Gasteiger charge is -2.19. The van der Waals surface area contributed by atoms with Gasteiger partial charge in [-0.15, -0.1) is 0 Å². The molecule has 0 aromatic heterocycles. The van der Waals surface area contributed by atoms with Crippen molar-refractivity contribution < 1.29 is 4.79 Å². The largest absolute Gasteiger partial charge is 0.349 e. The highest BCUT2D eigenvalue weighted by molar-refractivity contribution is 9.10. The third-order valence-corrected chi connectivity index (χ3v) is 3.41. The summed E-state index contributed by atoms with van der Waals surface area (Å²) in [7, 11) is 0. The summed E-state index contributed by atoms with van der Waals surface area (Å²) < 4.78 is 0.846. The molecule has 1 aliphatic carbocycles. The maximum Gasteiger partial charge on any atom is 0.252 e. The SMILES string of the molecule is O=C(NC1CC=CCC1)c1ccccc1Br. The highest BCUT2D eigenvalue weighted by atomic mass is 79.9. The minimum atomic E-state index is 0.00720. The molecule has 1 aromatic rings. The predicted molar refractivity (Wildman–Crippen MR) is 68.4 cm³/mol. The van der Waals surface area contributed by atoms with Crippen molar-refractivity contribution in [3.63, 3.8) is 0 Å². The van der Waals surface area contributed by atoms with Crippen LogP contribution >= 0.6 is 15.9 Å². The summed E-state index contributed by atoms with van der Waals surface area (Å²) >= 11 is 3.39. The van der Waals surface area contributed by atoms with Gasteiger partial charge in [-0.1, -0.05) is 24.3 Å². The normalized spacial score (nSPS) is 19.4. The highest BCUT2D eigenvalue weighted by Crippen LogP contribution is 2.17. The van der Waals surface area contributed by atoms with E-state index in [2.05, 4.69) is 33.4 Å². The van der Waals surface area contributed by atoms with Crippen LogP contribution in [0.25, 0.3) is 0 Å². The van der Waals surface area contributed by atoms with E-state index < -0.39 is 0 Å². The van der Waals surface area contributed by atoms with Crippen molar-refractivity contribution in [2.75, 3.05) is 0 Å². The molecule has 1 unspecified atom stereocenters.